The van der Waals surface area contributed by atoms with Crippen molar-refractivity contribution in [2.45, 2.75) is 26.8 Å². The van der Waals surface area contributed by atoms with E-state index < -0.39 is 0 Å². The van der Waals surface area contributed by atoms with Crippen molar-refractivity contribution >= 4 is 15.9 Å². The van der Waals surface area contributed by atoms with Crippen LogP contribution in [0.4, 0.5) is 0 Å². The van der Waals surface area contributed by atoms with E-state index in [-0.39, 0.29) is 6.04 Å². The first kappa shape index (κ1) is 15.1. The predicted octanol–water partition coefficient (Wildman–Crippen LogP) is 4.37. The second-order valence-corrected chi connectivity index (χ2v) is 5.66. The van der Waals surface area contributed by atoms with Crippen LogP contribution < -0.4 is 10.1 Å². The Labute approximate surface area is 128 Å². The summed E-state index contributed by atoms with van der Waals surface area (Å²) in [6.45, 7) is 7.04. The van der Waals surface area contributed by atoms with Gasteiger partial charge in [0.2, 0.25) is 0 Å². The molecule has 3 nitrogen and oxygen atoms in total. The fourth-order valence-electron chi connectivity index (χ4n) is 2.30. The Morgan fingerprint density at radius 1 is 1.30 bits per heavy atom. The zero-order chi connectivity index (χ0) is 14.7. The number of benzene rings is 1. The van der Waals surface area contributed by atoms with E-state index in [1.54, 1.807) is 13.4 Å². The monoisotopic (exact) mass is 337 g/mol. The van der Waals surface area contributed by atoms with E-state index in [9.17, 15) is 0 Å². The summed E-state index contributed by atoms with van der Waals surface area (Å²) in [4.78, 5) is 0. The highest BCUT2D eigenvalue weighted by Crippen LogP contribution is 2.35. The number of hydrogen-bond donors (Lipinski definition) is 1. The third-order valence-electron chi connectivity index (χ3n) is 3.39. The number of rotatable bonds is 5. The van der Waals surface area contributed by atoms with Gasteiger partial charge in [0.1, 0.15) is 11.5 Å². The fraction of sp³-hybridized carbons (Fsp3) is 0.375. The van der Waals surface area contributed by atoms with Crippen LogP contribution in [0, 0.1) is 13.8 Å². The molecule has 1 N–H and O–H groups in total. The van der Waals surface area contributed by atoms with Crippen molar-refractivity contribution in [1.82, 2.24) is 5.32 Å². The summed E-state index contributed by atoms with van der Waals surface area (Å²) in [7, 11) is 1.70. The molecule has 4 heteroatoms. The average Bonchev–Trinajstić information content (AvgIpc) is 2.85. The van der Waals surface area contributed by atoms with Gasteiger partial charge >= 0.3 is 0 Å². The van der Waals surface area contributed by atoms with Crippen molar-refractivity contribution in [3.05, 3.63) is 51.4 Å². The Balaban J connectivity index is 2.55. The molecule has 0 bridgehead atoms. The molecule has 0 aliphatic heterocycles. The maximum atomic E-state index is 5.67. The van der Waals surface area contributed by atoms with Crippen molar-refractivity contribution in [1.29, 1.82) is 0 Å². The van der Waals surface area contributed by atoms with Gasteiger partial charge in [-0.15, -0.1) is 0 Å². The van der Waals surface area contributed by atoms with Gasteiger partial charge in [-0.25, -0.2) is 0 Å². The highest BCUT2D eigenvalue weighted by atomic mass is 79.9. The van der Waals surface area contributed by atoms with Crippen LogP contribution in [0.1, 0.15) is 35.4 Å². The maximum Gasteiger partial charge on any atom is 0.128 e. The minimum absolute atomic E-state index is 0.0122. The predicted molar refractivity (Wildman–Crippen MR) is 84.4 cm³/mol. The molecule has 0 radical (unpaired) electrons. The van der Waals surface area contributed by atoms with Crippen LogP contribution in [0.2, 0.25) is 0 Å². The summed E-state index contributed by atoms with van der Waals surface area (Å²) in [5.74, 6) is 1.80. The topological polar surface area (TPSA) is 34.4 Å². The SMILES string of the molecule is CCNC(c1cc(Br)c(C)cc1OC)c1occc1C. The van der Waals surface area contributed by atoms with Gasteiger partial charge in [0.25, 0.3) is 0 Å². The molecule has 2 aromatic rings. The lowest BCUT2D eigenvalue weighted by Crippen LogP contribution is -2.23. The smallest absolute Gasteiger partial charge is 0.128 e. The summed E-state index contributed by atoms with van der Waals surface area (Å²) in [5.41, 5.74) is 3.36. The van der Waals surface area contributed by atoms with Gasteiger partial charge in [-0.05, 0) is 49.7 Å². The van der Waals surface area contributed by atoms with Crippen LogP contribution in [0.5, 0.6) is 5.75 Å². The van der Waals surface area contributed by atoms with E-state index in [0.717, 1.165) is 39.2 Å². The number of aryl methyl sites for hydroxylation is 2. The number of nitrogens with one attached hydrogen (secondary N) is 1. The third-order valence-corrected chi connectivity index (χ3v) is 4.25. The van der Waals surface area contributed by atoms with Gasteiger partial charge in [0.05, 0.1) is 19.4 Å². The number of methoxy groups -OCH3 is 1. The zero-order valence-electron chi connectivity index (χ0n) is 12.3. The molecule has 0 spiro atoms. The van der Waals surface area contributed by atoms with Crippen molar-refractivity contribution in [3.63, 3.8) is 0 Å². The molecule has 1 aromatic carbocycles. The summed E-state index contributed by atoms with van der Waals surface area (Å²) in [6, 6.07) is 6.11. The quantitative estimate of drug-likeness (QED) is 0.879. The van der Waals surface area contributed by atoms with Crippen LogP contribution in [-0.4, -0.2) is 13.7 Å². The first-order valence-electron chi connectivity index (χ1n) is 6.69. The van der Waals surface area contributed by atoms with E-state index in [4.69, 9.17) is 9.15 Å². The molecule has 1 heterocycles. The van der Waals surface area contributed by atoms with Crippen LogP contribution in [0.15, 0.2) is 33.4 Å². The van der Waals surface area contributed by atoms with Crippen LogP contribution >= 0.6 is 15.9 Å². The Morgan fingerprint density at radius 2 is 2.05 bits per heavy atom. The van der Waals surface area contributed by atoms with Crippen LogP contribution in [0.25, 0.3) is 0 Å². The Morgan fingerprint density at radius 3 is 2.60 bits per heavy atom. The Bertz CT molecular complexity index is 592. The molecule has 20 heavy (non-hydrogen) atoms. The van der Waals surface area contributed by atoms with Gasteiger partial charge in [0, 0.05) is 10.0 Å². The molecule has 0 aliphatic carbocycles. The number of furan rings is 1. The van der Waals surface area contributed by atoms with Crippen LogP contribution in [-0.2, 0) is 0 Å². The largest absolute Gasteiger partial charge is 0.496 e. The molecule has 0 saturated carbocycles. The standard InChI is InChI=1S/C16H20BrNO2/c1-5-18-15(16-10(2)6-7-20-16)12-9-13(17)11(3)8-14(12)19-4/h6-9,15,18H,5H2,1-4H3. The van der Waals surface area contributed by atoms with Gasteiger partial charge in [-0.1, -0.05) is 22.9 Å². The highest BCUT2D eigenvalue weighted by Gasteiger charge is 2.22. The lowest BCUT2D eigenvalue weighted by Gasteiger charge is -2.21. The summed E-state index contributed by atoms with van der Waals surface area (Å²) < 4.78 is 12.3. The van der Waals surface area contributed by atoms with Gasteiger partial charge < -0.3 is 14.5 Å². The van der Waals surface area contributed by atoms with Gasteiger partial charge in [0.15, 0.2) is 0 Å². The molecule has 1 atom stereocenters. The lowest BCUT2D eigenvalue weighted by atomic mass is 9.99. The van der Waals surface area contributed by atoms with E-state index in [1.807, 2.05) is 12.1 Å². The molecular formula is C16H20BrNO2. The van der Waals surface area contributed by atoms with Crippen LogP contribution in [0.3, 0.4) is 0 Å². The molecule has 0 aliphatic rings. The summed E-state index contributed by atoms with van der Waals surface area (Å²) in [5, 5.41) is 3.47. The summed E-state index contributed by atoms with van der Waals surface area (Å²) in [6.07, 6.45) is 1.73. The van der Waals surface area contributed by atoms with Crippen molar-refractivity contribution in [3.8, 4) is 5.75 Å². The van der Waals surface area contributed by atoms with E-state index in [0.29, 0.717) is 0 Å². The first-order valence-corrected chi connectivity index (χ1v) is 7.49. The molecule has 0 fully saturated rings. The maximum absolute atomic E-state index is 5.67. The number of hydrogen-bond acceptors (Lipinski definition) is 3. The van der Waals surface area contributed by atoms with Crippen molar-refractivity contribution in [2.75, 3.05) is 13.7 Å². The van der Waals surface area contributed by atoms with Crippen molar-refractivity contribution < 1.29 is 9.15 Å². The second kappa shape index (κ2) is 6.46. The van der Waals surface area contributed by atoms with E-state index >= 15 is 0 Å². The van der Waals surface area contributed by atoms with E-state index in [1.165, 1.54) is 0 Å². The third kappa shape index (κ3) is 2.91. The normalized spacial score (nSPS) is 12.4. The minimum Gasteiger partial charge on any atom is -0.496 e. The molecule has 2 rings (SSSR count). The van der Waals surface area contributed by atoms with E-state index in [2.05, 4.69) is 48.1 Å². The van der Waals surface area contributed by atoms with Gasteiger partial charge in [-0.2, -0.15) is 0 Å². The Kier molecular flexibility index (Phi) is 4.89. The highest BCUT2D eigenvalue weighted by molar-refractivity contribution is 9.10. The average molecular weight is 338 g/mol. The molecule has 0 saturated heterocycles. The first-order chi connectivity index (χ1) is 9.58. The van der Waals surface area contributed by atoms with Crippen molar-refractivity contribution in [2.24, 2.45) is 0 Å². The molecule has 108 valence electrons. The molecule has 1 unspecified atom stereocenters. The molecule has 1 aromatic heterocycles. The number of halogens is 1. The molecular weight excluding hydrogens is 318 g/mol. The number of ether oxygens (including phenoxy) is 1. The second-order valence-electron chi connectivity index (χ2n) is 4.80. The lowest BCUT2D eigenvalue weighted by molar-refractivity contribution is 0.392. The van der Waals surface area contributed by atoms with Gasteiger partial charge in [-0.3, -0.25) is 0 Å². The fourth-order valence-corrected chi connectivity index (χ4v) is 2.66. The Hall–Kier alpha value is -1.26. The molecule has 0 amide bonds. The zero-order valence-corrected chi connectivity index (χ0v) is 13.9. The minimum atomic E-state index is -0.0122. The summed E-state index contributed by atoms with van der Waals surface area (Å²) >= 11 is 3.60.